The molecule has 0 aliphatic heterocycles. The van der Waals surface area contributed by atoms with Gasteiger partial charge in [0, 0.05) is 5.02 Å². The van der Waals surface area contributed by atoms with Crippen molar-refractivity contribution in [1.82, 2.24) is 0 Å². The average Bonchev–Trinajstić information content (AvgIpc) is 2.31. The van der Waals surface area contributed by atoms with Crippen LogP contribution in [-0.4, -0.2) is 8.42 Å². The molecule has 0 atom stereocenters. The fraction of sp³-hybridized carbons (Fsp3) is 0. The molecule has 0 heterocycles. The molecule has 0 fully saturated rings. The number of para-hydroxylation sites is 1. The molecule has 0 aromatic heterocycles. The molecule has 94 valence electrons. The molecule has 2 rings (SSSR count). The molecule has 0 saturated carbocycles. The highest BCUT2D eigenvalue weighted by Crippen LogP contribution is 2.28. The quantitative estimate of drug-likeness (QED) is 0.941. The summed E-state index contributed by atoms with van der Waals surface area (Å²) in [4.78, 5) is -0.0556. The Bertz CT molecular complexity index is 653. The summed E-state index contributed by atoms with van der Waals surface area (Å²) in [6, 6.07) is 12.8. The molecule has 6 heteroatoms. The summed E-state index contributed by atoms with van der Waals surface area (Å²) in [5, 5.41) is 5.68. The van der Waals surface area contributed by atoms with Gasteiger partial charge in [-0.3, -0.25) is 0 Å². The van der Waals surface area contributed by atoms with E-state index in [0.29, 0.717) is 10.8 Å². The maximum absolute atomic E-state index is 11.4. The molecule has 2 aromatic carbocycles. The van der Waals surface area contributed by atoms with Crippen LogP contribution in [0.3, 0.4) is 0 Å². The van der Waals surface area contributed by atoms with Gasteiger partial charge in [0.25, 0.3) is 0 Å². The van der Waals surface area contributed by atoms with Gasteiger partial charge in [0.15, 0.2) is 0 Å². The van der Waals surface area contributed by atoms with E-state index in [1.165, 1.54) is 12.1 Å². The van der Waals surface area contributed by atoms with E-state index in [9.17, 15) is 8.42 Å². The van der Waals surface area contributed by atoms with Crippen molar-refractivity contribution in [2.24, 2.45) is 5.14 Å². The highest BCUT2D eigenvalue weighted by molar-refractivity contribution is 7.89. The Labute approximate surface area is 110 Å². The van der Waals surface area contributed by atoms with Crippen molar-refractivity contribution < 1.29 is 13.2 Å². The second-order valence-electron chi connectivity index (χ2n) is 3.55. The molecule has 4 nitrogen and oxygen atoms in total. The Kier molecular flexibility index (Phi) is 3.56. The molecule has 0 amide bonds. The van der Waals surface area contributed by atoms with E-state index < -0.39 is 10.0 Å². The van der Waals surface area contributed by atoms with E-state index in [-0.39, 0.29) is 10.6 Å². The molecule has 0 radical (unpaired) electrons. The molecular formula is C12H10ClNO3S. The summed E-state index contributed by atoms with van der Waals surface area (Å²) < 4.78 is 28.2. The Morgan fingerprint density at radius 3 is 2.22 bits per heavy atom. The molecule has 18 heavy (non-hydrogen) atoms. The van der Waals surface area contributed by atoms with Crippen LogP contribution >= 0.6 is 11.6 Å². The predicted molar refractivity (Wildman–Crippen MR) is 69.3 cm³/mol. The fourth-order valence-electron chi connectivity index (χ4n) is 1.40. The van der Waals surface area contributed by atoms with Crippen LogP contribution in [0.15, 0.2) is 53.4 Å². The zero-order chi connectivity index (χ0) is 13.2. The second kappa shape index (κ2) is 4.97. The Balaban J connectivity index is 2.38. The van der Waals surface area contributed by atoms with Crippen LogP contribution in [0.5, 0.6) is 11.5 Å². The molecule has 0 saturated heterocycles. The molecular weight excluding hydrogens is 274 g/mol. The largest absolute Gasteiger partial charge is 0.456 e. The molecule has 2 N–H and O–H groups in total. The van der Waals surface area contributed by atoms with Crippen molar-refractivity contribution in [2.75, 3.05) is 0 Å². The number of hydrogen-bond donors (Lipinski definition) is 1. The lowest BCUT2D eigenvalue weighted by Crippen LogP contribution is -2.13. The van der Waals surface area contributed by atoms with Crippen LogP contribution in [0.4, 0.5) is 0 Å². The first-order valence-electron chi connectivity index (χ1n) is 5.02. The number of rotatable bonds is 3. The maximum Gasteiger partial charge on any atom is 0.241 e. The summed E-state index contributed by atoms with van der Waals surface area (Å²) in [6.07, 6.45) is 0. The SMILES string of the molecule is NS(=O)(=O)c1ccccc1Oc1ccc(Cl)cc1. The third-order valence-electron chi connectivity index (χ3n) is 2.20. The van der Waals surface area contributed by atoms with Crippen LogP contribution in [0, 0.1) is 0 Å². The van der Waals surface area contributed by atoms with E-state index in [1.54, 1.807) is 36.4 Å². The number of hydrogen-bond acceptors (Lipinski definition) is 3. The maximum atomic E-state index is 11.4. The fourth-order valence-corrected chi connectivity index (χ4v) is 2.18. The van der Waals surface area contributed by atoms with Crippen molar-refractivity contribution in [3.63, 3.8) is 0 Å². The third-order valence-corrected chi connectivity index (χ3v) is 3.40. The van der Waals surface area contributed by atoms with Crippen molar-refractivity contribution >= 4 is 21.6 Å². The molecule has 0 aliphatic carbocycles. The smallest absolute Gasteiger partial charge is 0.241 e. The molecule has 0 bridgehead atoms. The first kappa shape index (κ1) is 12.9. The Morgan fingerprint density at radius 2 is 1.61 bits per heavy atom. The van der Waals surface area contributed by atoms with Crippen LogP contribution in [0.1, 0.15) is 0 Å². The van der Waals surface area contributed by atoms with Gasteiger partial charge in [-0.2, -0.15) is 0 Å². The van der Waals surface area contributed by atoms with Gasteiger partial charge in [-0.25, -0.2) is 13.6 Å². The predicted octanol–water partition coefficient (Wildman–Crippen LogP) is 2.78. The van der Waals surface area contributed by atoms with E-state index >= 15 is 0 Å². The van der Waals surface area contributed by atoms with Gasteiger partial charge < -0.3 is 4.74 Å². The summed E-state index contributed by atoms with van der Waals surface area (Å²) in [5.41, 5.74) is 0. The van der Waals surface area contributed by atoms with Crippen molar-refractivity contribution in [1.29, 1.82) is 0 Å². The number of nitrogens with two attached hydrogens (primary N) is 1. The van der Waals surface area contributed by atoms with Crippen molar-refractivity contribution in [3.8, 4) is 11.5 Å². The lowest BCUT2D eigenvalue weighted by Gasteiger charge is -2.09. The Hall–Kier alpha value is -1.56. The third kappa shape index (κ3) is 3.01. The minimum absolute atomic E-state index is 0.0556. The van der Waals surface area contributed by atoms with Crippen molar-refractivity contribution in [3.05, 3.63) is 53.6 Å². The van der Waals surface area contributed by atoms with Crippen LogP contribution in [-0.2, 0) is 10.0 Å². The van der Waals surface area contributed by atoms with E-state index in [2.05, 4.69) is 0 Å². The molecule has 0 spiro atoms. The Morgan fingerprint density at radius 1 is 1.00 bits per heavy atom. The minimum Gasteiger partial charge on any atom is -0.456 e. The van der Waals surface area contributed by atoms with Gasteiger partial charge in [0.2, 0.25) is 10.0 Å². The summed E-state index contributed by atoms with van der Waals surface area (Å²) in [6.45, 7) is 0. The summed E-state index contributed by atoms with van der Waals surface area (Å²) in [7, 11) is -3.81. The highest BCUT2D eigenvalue weighted by atomic mass is 35.5. The van der Waals surface area contributed by atoms with E-state index in [0.717, 1.165) is 0 Å². The number of benzene rings is 2. The van der Waals surface area contributed by atoms with Gasteiger partial charge in [-0.15, -0.1) is 0 Å². The summed E-state index contributed by atoms with van der Waals surface area (Å²) >= 11 is 5.75. The van der Waals surface area contributed by atoms with Gasteiger partial charge >= 0.3 is 0 Å². The number of ether oxygens (including phenoxy) is 1. The second-order valence-corrected chi connectivity index (χ2v) is 5.51. The highest BCUT2D eigenvalue weighted by Gasteiger charge is 2.14. The average molecular weight is 284 g/mol. The number of halogens is 1. The topological polar surface area (TPSA) is 69.4 Å². The molecule has 0 aliphatic rings. The van der Waals surface area contributed by atoms with E-state index in [1.807, 2.05) is 0 Å². The van der Waals surface area contributed by atoms with Crippen LogP contribution in [0.25, 0.3) is 0 Å². The molecule has 0 unspecified atom stereocenters. The lowest BCUT2D eigenvalue weighted by atomic mass is 10.3. The normalized spacial score (nSPS) is 11.2. The van der Waals surface area contributed by atoms with Crippen molar-refractivity contribution in [2.45, 2.75) is 4.90 Å². The van der Waals surface area contributed by atoms with Crippen LogP contribution in [0.2, 0.25) is 5.02 Å². The number of primary sulfonamides is 1. The monoisotopic (exact) mass is 283 g/mol. The van der Waals surface area contributed by atoms with Crippen LogP contribution < -0.4 is 9.88 Å². The number of sulfonamides is 1. The summed E-state index contributed by atoms with van der Waals surface area (Å²) in [5.74, 6) is 0.665. The first-order chi connectivity index (χ1) is 8.47. The van der Waals surface area contributed by atoms with E-state index in [4.69, 9.17) is 21.5 Å². The molecule has 2 aromatic rings. The standard InChI is InChI=1S/C12H10ClNO3S/c13-9-5-7-10(8-6-9)17-11-3-1-2-4-12(11)18(14,15)16/h1-8H,(H2,14,15,16). The lowest BCUT2D eigenvalue weighted by molar-refractivity contribution is 0.467. The van der Waals surface area contributed by atoms with Gasteiger partial charge in [0.1, 0.15) is 16.4 Å². The van der Waals surface area contributed by atoms with Gasteiger partial charge in [0.05, 0.1) is 0 Å². The minimum atomic E-state index is -3.81. The zero-order valence-corrected chi connectivity index (χ0v) is 10.8. The van der Waals surface area contributed by atoms with Gasteiger partial charge in [-0.05, 0) is 36.4 Å². The van der Waals surface area contributed by atoms with Gasteiger partial charge in [-0.1, -0.05) is 23.7 Å². The first-order valence-corrected chi connectivity index (χ1v) is 6.94. The zero-order valence-electron chi connectivity index (χ0n) is 9.21.